The number of aliphatic hydroxyl groups excluding tert-OH is 4. The van der Waals surface area contributed by atoms with Gasteiger partial charge in [-0.1, -0.05) is 6.07 Å². The Bertz CT molecular complexity index is 697. The maximum absolute atomic E-state index is 11.8. The Morgan fingerprint density at radius 1 is 1.21 bits per heavy atom. The first kappa shape index (κ1) is 23.1. The number of amides is 1. The van der Waals surface area contributed by atoms with Crippen LogP contribution in [-0.4, -0.2) is 81.8 Å². The molecule has 10 heteroatoms. The molecule has 1 aromatic carbocycles. The SMILES string of the molecule is NCCCCNC(=O)C=Cc1ccc(O)c(OC2OC(CO)C(O)C(O)C2O)c1. The lowest BCUT2D eigenvalue weighted by Crippen LogP contribution is -2.60. The standard InChI is InChI=1S/C19H28N2O8/c20-7-1-2-8-21-15(24)6-4-11-3-5-12(23)13(9-11)28-19-18(27)17(26)16(25)14(10-22)29-19/h3-6,9,14,16-19,22-23,25-27H,1-2,7-8,10,20H2,(H,21,24). The van der Waals surface area contributed by atoms with Gasteiger partial charge >= 0.3 is 0 Å². The number of phenolic OH excluding ortho intramolecular Hbond substituents is 1. The first-order valence-corrected chi connectivity index (χ1v) is 9.33. The van der Waals surface area contributed by atoms with Gasteiger partial charge in [0.25, 0.3) is 0 Å². The summed E-state index contributed by atoms with van der Waals surface area (Å²) in [5.74, 6) is -0.614. The van der Waals surface area contributed by atoms with Gasteiger partial charge in [0.1, 0.15) is 24.4 Å². The van der Waals surface area contributed by atoms with Crippen molar-refractivity contribution >= 4 is 12.0 Å². The van der Waals surface area contributed by atoms with E-state index in [2.05, 4.69) is 5.32 Å². The second kappa shape index (κ2) is 11.1. The minimum Gasteiger partial charge on any atom is -0.504 e. The minimum atomic E-state index is -1.61. The lowest BCUT2D eigenvalue weighted by Gasteiger charge is -2.39. The molecule has 2 rings (SSSR count). The van der Waals surface area contributed by atoms with E-state index in [1.165, 1.54) is 24.3 Å². The number of aliphatic hydroxyl groups is 4. The van der Waals surface area contributed by atoms with E-state index in [4.69, 9.17) is 15.2 Å². The van der Waals surface area contributed by atoms with Crippen molar-refractivity contribution in [2.75, 3.05) is 19.7 Å². The second-order valence-corrected chi connectivity index (χ2v) is 6.66. The van der Waals surface area contributed by atoms with Crippen molar-refractivity contribution in [1.29, 1.82) is 0 Å². The summed E-state index contributed by atoms with van der Waals surface area (Å²) in [6.45, 7) is 0.484. The van der Waals surface area contributed by atoms with Gasteiger partial charge in [0.15, 0.2) is 11.5 Å². The Labute approximate surface area is 168 Å². The highest BCUT2D eigenvalue weighted by atomic mass is 16.7. The van der Waals surface area contributed by atoms with E-state index in [1.807, 2.05) is 0 Å². The van der Waals surface area contributed by atoms with Crippen LogP contribution in [0, 0.1) is 0 Å². The number of carbonyl (C=O) groups excluding carboxylic acids is 1. The van der Waals surface area contributed by atoms with Gasteiger partial charge in [-0.2, -0.15) is 0 Å². The number of carbonyl (C=O) groups is 1. The molecule has 1 aromatic rings. The third-order valence-corrected chi connectivity index (χ3v) is 4.43. The topological polar surface area (TPSA) is 175 Å². The van der Waals surface area contributed by atoms with Gasteiger partial charge in [0.05, 0.1) is 6.61 Å². The largest absolute Gasteiger partial charge is 0.504 e. The number of phenols is 1. The number of unbranched alkanes of at least 4 members (excludes halogenated alkanes) is 1. The molecule has 0 aromatic heterocycles. The van der Waals surface area contributed by atoms with Crippen molar-refractivity contribution in [1.82, 2.24) is 5.32 Å². The van der Waals surface area contributed by atoms with Crippen LogP contribution in [0.15, 0.2) is 24.3 Å². The number of nitrogens with one attached hydrogen (secondary N) is 1. The molecule has 1 saturated heterocycles. The molecule has 29 heavy (non-hydrogen) atoms. The fraction of sp³-hybridized carbons (Fsp3) is 0.526. The van der Waals surface area contributed by atoms with E-state index < -0.39 is 37.3 Å². The molecule has 1 heterocycles. The summed E-state index contributed by atoms with van der Waals surface area (Å²) < 4.78 is 10.7. The van der Waals surface area contributed by atoms with E-state index in [-0.39, 0.29) is 17.4 Å². The van der Waals surface area contributed by atoms with E-state index in [1.54, 1.807) is 6.07 Å². The molecule has 5 unspecified atom stereocenters. The summed E-state index contributed by atoms with van der Waals surface area (Å²) in [6, 6.07) is 4.29. The number of aromatic hydroxyl groups is 1. The lowest BCUT2D eigenvalue weighted by molar-refractivity contribution is -0.277. The quantitative estimate of drug-likeness (QED) is 0.187. The van der Waals surface area contributed by atoms with Crippen molar-refractivity contribution in [2.24, 2.45) is 5.73 Å². The molecule has 5 atom stereocenters. The van der Waals surface area contributed by atoms with Crippen LogP contribution in [-0.2, 0) is 9.53 Å². The molecule has 1 fully saturated rings. The van der Waals surface area contributed by atoms with Crippen LogP contribution < -0.4 is 15.8 Å². The van der Waals surface area contributed by atoms with Gasteiger partial charge in [-0.15, -0.1) is 0 Å². The smallest absolute Gasteiger partial charge is 0.243 e. The Hall–Kier alpha value is -2.21. The fourth-order valence-electron chi connectivity index (χ4n) is 2.73. The Morgan fingerprint density at radius 3 is 2.66 bits per heavy atom. The zero-order valence-electron chi connectivity index (χ0n) is 15.8. The van der Waals surface area contributed by atoms with Crippen LogP contribution in [0.3, 0.4) is 0 Å². The Kier molecular flexibility index (Phi) is 8.83. The number of rotatable bonds is 9. The molecule has 0 bridgehead atoms. The molecule has 8 N–H and O–H groups in total. The van der Waals surface area contributed by atoms with Gasteiger partial charge in [-0.25, -0.2) is 0 Å². The Morgan fingerprint density at radius 2 is 1.97 bits per heavy atom. The van der Waals surface area contributed by atoms with Gasteiger partial charge in [0, 0.05) is 12.6 Å². The average Bonchev–Trinajstić information content (AvgIpc) is 2.72. The summed E-state index contributed by atoms with van der Waals surface area (Å²) in [7, 11) is 0. The Balaban J connectivity index is 2.03. The third-order valence-electron chi connectivity index (χ3n) is 4.43. The number of ether oxygens (including phenoxy) is 2. The third kappa shape index (κ3) is 6.39. The highest BCUT2D eigenvalue weighted by Gasteiger charge is 2.44. The number of benzene rings is 1. The molecule has 1 aliphatic heterocycles. The normalized spacial score (nSPS) is 27.1. The molecule has 1 aliphatic rings. The van der Waals surface area contributed by atoms with Gasteiger partial charge in [-0.3, -0.25) is 4.79 Å². The summed E-state index contributed by atoms with van der Waals surface area (Å²) in [5, 5.41) is 51.6. The predicted octanol–water partition coefficient (Wildman–Crippen LogP) is -1.56. The van der Waals surface area contributed by atoms with Gasteiger partial charge in [0.2, 0.25) is 12.2 Å². The van der Waals surface area contributed by atoms with E-state index in [9.17, 15) is 30.3 Å². The zero-order valence-corrected chi connectivity index (χ0v) is 15.8. The number of hydrogen-bond donors (Lipinski definition) is 7. The van der Waals surface area contributed by atoms with Crippen LogP contribution >= 0.6 is 0 Å². The zero-order chi connectivity index (χ0) is 21.4. The second-order valence-electron chi connectivity index (χ2n) is 6.66. The first-order valence-electron chi connectivity index (χ1n) is 9.33. The molecule has 1 amide bonds. The van der Waals surface area contributed by atoms with Crippen molar-refractivity contribution in [3.8, 4) is 11.5 Å². The van der Waals surface area contributed by atoms with Crippen LogP contribution in [0.2, 0.25) is 0 Å². The van der Waals surface area contributed by atoms with E-state index >= 15 is 0 Å². The summed E-state index contributed by atoms with van der Waals surface area (Å²) in [6.07, 6.45) is -2.84. The fourth-order valence-corrected chi connectivity index (χ4v) is 2.73. The van der Waals surface area contributed by atoms with Crippen molar-refractivity contribution in [3.63, 3.8) is 0 Å². The summed E-state index contributed by atoms with van der Waals surface area (Å²) in [5.41, 5.74) is 5.92. The molecular formula is C19H28N2O8. The van der Waals surface area contributed by atoms with Crippen LogP contribution in [0.1, 0.15) is 18.4 Å². The first-order chi connectivity index (χ1) is 13.9. The molecule has 0 spiro atoms. The van der Waals surface area contributed by atoms with E-state index in [0.717, 1.165) is 12.8 Å². The summed E-state index contributed by atoms with van der Waals surface area (Å²) in [4.78, 5) is 11.8. The molecule has 10 nitrogen and oxygen atoms in total. The van der Waals surface area contributed by atoms with Crippen LogP contribution in [0.5, 0.6) is 11.5 Å². The molecule has 162 valence electrons. The maximum Gasteiger partial charge on any atom is 0.243 e. The van der Waals surface area contributed by atoms with Gasteiger partial charge < -0.3 is 46.1 Å². The van der Waals surface area contributed by atoms with Crippen molar-refractivity contribution in [3.05, 3.63) is 29.8 Å². The highest BCUT2D eigenvalue weighted by molar-refractivity contribution is 5.91. The van der Waals surface area contributed by atoms with Gasteiger partial charge in [-0.05, 0) is 43.2 Å². The average molecular weight is 412 g/mol. The highest BCUT2D eigenvalue weighted by Crippen LogP contribution is 2.31. The number of nitrogens with two attached hydrogens (primary N) is 1. The van der Waals surface area contributed by atoms with Crippen LogP contribution in [0.25, 0.3) is 6.08 Å². The number of hydrogen-bond acceptors (Lipinski definition) is 9. The van der Waals surface area contributed by atoms with Crippen LogP contribution in [0.4, 0.5) is 0 Å². The lowest BCUT2D eigenvalue weighted by atomic mass is 9.99. The molecule has 0 aliphatic carbocycles. The van der Waals surface area contributed by atoms with Crippen molar-refractivity contribution < 1.29 is 39.8 Å². The maximum atomic E-state index is 11.8. The minimum absolute atomic E-state index is 0.0696. The molecule has 0 saturated carbocycles. The predicted molar refractivity (Wildman–Crippen MR) is 103 cm³/mol. The summed E-state index contributed by atoms with van der Waals surface area (Å²) >= 11 is 0. The monoisotopic (exact) mass is 412 g/mol. The molecular weight excluding hydrogens is 384 g/mol. The molecule has 0 radical (unpaired) electrons. The van der Waals surface area contributed by atoms with E-state index in [0.29, 0.717) is 18.7 Å². The van der Waals surface area contributed by atoms with Crippen molar-refractivity contribution in [2.45, 2.75) is 43.5 Å².